The Morgan fingerprint density at radius 3 is 2.95 bits per heavy atom. The molecule has 1 aromatic heterocycles. The van der Waals surface area contributed by atoms with E-state index in [1.54, 1.807) is 6.20 Å². The number of nitrogens with zero attached hydrogens (tertiary/aromatic N) is 1. The first-order valence-corrected chi connectivity index (χ1v) is 7.41. The molecule has 1 heterocycles. The maximum absolute atomic E-state index is 9.96. The van der Waals surface area contributed by atoms with Crippen molar-refractivity contribution in [1.82, 2.24) is 10.3 Å². The van der Waals surface area contributed by atoms with Crippen LogP contribution in [0.5, 0.6) is 0 Å². The molecule has 3 nitrogen and oxygen atoms in total. The Hall–Kier alpha value is -1.16. The molecule has 0 aliphatic rings. The van der Waals surface area contributed by atoms with Crippen molar-refractivity contribution in [2.45, 2.75) is 32.9 Å². The number of halogens is 1. The van der Waals surface area contributed by atoms with Gasteiger partial charge in [0.2, 0.25) is 0 Å². The molecule has 0 bridgehead atoms. The van der Waals surface area contributed by atoms with Crippen LogP contribution < -0.4 is 5.32 Å². The van der Waals surface area contributed by atoms with E-state index in [1.165, 1.54) is 0 Å². The molecule has 0 saturated heterocycles. The van der Waals surface area contributed by atoms with Crippen LogP contribution in [-0.2, 0) is 6.54 Å². The van der Waals surface area contributed by atoms with Gasteiger partial charge in [-0.25, -0.2) is 0 Å². The van der Waals surface area contributed by atoms with Gasteiger partial charge in [0.15, 0.2) is 0 Å². The van der Waals surface area contributed by atoms with Gasteiger partial charge in [-0.15, -0.1) is 0 Å². The van der Waals surface area contributed by atoms with E-state index in [0.717, 1.165) is 22.9 Å². The Morgan fingerprint density at radius 1 is 1.40 bits per heavy atom. The van der Waals surface area contributed by atoms with E-state index in [4.69, 9.17) is 11.6 Å². The fraction of sp³-hybridized carbons (Fsp3) is 0.438. The summed E-state index contributed by atoms with van der Waals surface area (Å²) in [6.07, 6.45) is 2.44. The van der Waals surface area contributed by atoms with Crippen LogP contribution in [-0.4, -0.2) is 22.7 Å². The van der Waals surface area contributed by atoms with Crippen LogP contribution in [0.2, 0.25) is 5.02 Å². The average molecular weight is 293 g/mol. The molecule has 0 amide bonds. The normalized spacial score (nSPS) is 14.4. The first-order chi connectivity index (χ1) is 9.61. The highest BCUT2D eigenvalue weighted by Crippen LogP contribution is 2.22. The highest BCUT2D eigenvalue weighted by Gasteiger charge is 2.12. The second kappa shape index (κ2) is 7.02. The lowest BCUT2D eigenvalue weighted by Gasteiger charge is -2.18. The SMILES string of the molecule is CCC(C)C(O)CNCc1cc(Cl)cc2cccnc12. The molecule has 20 heavy (non-hydrogen) atoms. The second-order valence-corrected chi connectivity index (χ2v) is 5.66. The van der Waals surface area contributed by atoms with Gasteiger partial charge in [0.25, 0.3) is 0 Å². The van der Waals surface area contributed by atoms with E-state index in [1.807, 2.05) is 24.3 Å². The first-order valence-electron chi connectivity index (χ1n) is 7.03. The van der Waals surface area contributed by atoms with Crippen molar-refractivity contribution in [1.29, 1.82) is 0 Å². The summed E-state index contributed by atoms with van der Waals surface area (Å²) in [6.45, 7) is 5.38. The van der Waals surface area contributed by atoms with Gasteiger partial charge < -0.3 is 10.4 Å². The molecule has 0 fully saturated rings. The minimum atomic E-state index is -0.321. The summed E-state index contributed by atoms with van der Waals surface area (Å²) in [5.74, 6) is 0.303. The zero-order chi connectivity index (χ0) is 14.5. The van der Waals surface area contributed by atoms with Crippen LogP contribution in [0.15, 0.2) is 30.5 Å². The number of pyridine rings is 1. The average Bonchev–Trinajstić information content (AvgIpc) is 2.45. The van der Waals surface area contributed by atoms with Crippen molar-refractivity contribution >= 4 is 22.5 Å². The Morgan fingerprint density at radius 2 is 2.20 bits per heavy atom. The van der Waals surface area contributed by atoms with Crippen molar-refractivity contribution in [2.24, 2.45) is 5.92 Å². The highest BCUT2D eigenvalue weighted by atomic mass is 35.5. The van der Waals surface area contributed by atoms with Crippen molar-refractivity contribution in [2.75, 3.05) is 6.54 Å². The molecule has 4 heteroatoms. The Balaban J connectivity index is 2.06. The van der Waals surface area contributed by atoms with Crippen LogP contribution in [0.1, 0.15) is 25.8 Å². The molecular formula is C16H21ClN2O. The monoisotopic (exact) mass is 292 g/mol. The third-order valence-electron chi connectivity index (χ3n) is 3.72. The molecule has 0 radical (unpaired) electrons. The zero-order valence-electron chi connectivity index (χ0n) is 11.9. The van der Waals surface area contributed by atoms with Crippen molar-refractivity contribution in [3.63, 3.8) is 0 Å². The van der Waals surface area contributed by atoms with Crippen molar-refractivity contribution in [3.05, 3.63) is 41.0 Å². The third kappa shape index (κ3) is 3.69. The van der Waals surface area contributed by atoms with Crippen LogP contribution in [0.3, 0.4) is 0 Å². The van der Waals surface area contributed by atoms with Gasteiger partial charge in [-0.1, -0.05) is 37.9 Å². The van der Waals surface area contributed by atoms with E-state index in [0.29, 0.717) is 24.0 Å². The first kappa shape index (κ1) is 15.2. The largest absolute Gasteiger partial charge is 0.392 e. The summed E-state index contributed by atoms with van der Waals surface area (Å²) in [7, 11) is 0. The van der Waals surface area contributed by atoms with Gasteiger partial charge in [-0.2, -0.15) is 0 Å². The molecule has 2 N–H and O–H groups in total. The summed E-state index contributed by atoms with van der Waals surface area (Å²) in [6, 6.07) is 7.76. The van der Waals surface area contributed by atoms with Crippen LogP contribution in [0, 0.1) is 5.92 Å². The Kier molecular flexibility index (Phi) is 5.35. The lowest BCUT2D eigenvalue weighted by atomic mass is 10.0. The van der Waals surface area contributed by atoms with Gasteiger partial charge in [0, 0.05) is 29.7 Å². The molecule has 0 aliphatic carbocycles. The molecule has 0 aliphatic heterocycles. The topological polar surface area (TPSA) is 45.1 Å². The van der Waals surface area contributed by atoms with Crippen molar-refractivity contribution < 1.29 is 5.11 Å². The number of fused-ring (bicyclic) bond motifs is 1. The van der Waals surface area contributed by atoms with Crippen LogP contribution in [0.25, 0.3) is 10.9 Å². The number of aliphatic hydroxyl groups is 1. The molecule has 0 spiro atoms. The van der Waals surface area contributed by atoms with Gasteiger partial charge in [-0.3, -0.25) is 4.98 Å². The summed E-state index contributed by atoms with van der Waals surface area (Å²) in [5.41, 5.74) is 2.02. The standard InChI is InChI=1S/C16H21ClN2O/c1-3-11(2)15(20)10-18-9-13-8-14(17)7-12-5-4-6-19-16(12)13/h4-8,11,15,18,20H,3,9-10H2,1-2H3. The van der Waals surface area contributed by atoms with Gasteiger partial charge in [0.1, 0.15) is 0 Å². The number of benzene rings is 1. The van der Waals surface area contributed by atoms with E-state index in [9.17, 15) is 5.11 Å². The molecule has 0 saturated carbocycles. The summed E-state index contributed by atoms with van der Waals surface area (Å²) in [4.78, 5) is 4.41. The fourth-order valence-corrected chi connectivity index (χ4v) is 2.44. The Bertz CT molecular complexity index is 573. The predicted octanol–water partition coefficient (Wildman–Crippen LogP) is 3.38. The minimum Gasteiger partial charge on any atom is -0.392 e. The number of hydrogen-bond acceptors (Lipinski definition) is 3. The quantitative estimate of drug-likeness (QED) is 0.858. The molecule has 2 rings (SSSR count). The zero-order valence-corrected chi connectivity index (χ0v) is 12.7. The number of aliphatic hydroxyl groups excluding tert-OH is 1. The summed E-state index contributed by atoms with van der Waals surface area (Å²) >= 11 is 6.13. The highest BCUT2D eigenvalue weighted by molar-refractivity contribution is 6.31. The summed E-state index contributed by atoms with van der Waals surface area (Å²) < 4.78 is 0. The fourth-order valence-electron chi connectivity index (χ4n) is 2.19. The van der Waals surface area contributed by atoms with Crippen LogP contribution >= 0.6 is 11.6 Å². The van der Waals surface area contributed by atoms with Gasteiger partial charge in [-0.05, 0) is 29.7 Å². The third-order valence-corrected chi connectivity index (χ3v) is 3.94. The molecule has 1 aromatic carbocycles. The van der Waals surface area contributed by atoms with E-state index >= 15 is 0 Å². The number of hydrogen-bond donors (Lipinski definition) is 2. The predicted molar refractivity (Wildman–Crippen MR) is 83.9 cm³/mol. The molecular weight excluding hydrogens is 272 g/mol. The number of nitrogens with one attached hydrogen (secondary N) is 1. The Labute approximate surface area is 125 Å². The molecule has 2 aromatic rings. The smallest absolute Gasteiger partial charge is 0.0747 e. The maximum Gasteiger partial charge on any atom is 0.0747 e. The van der Waals surface area contributed by atoms with Crippen LogP contribution in [0.4, 0.5) is 0 Å². The van der Waals surface area contributed by atoms with E-state index in [2.05, 4.69) is 24.1 Å². The number of rotatable bonds is 6. The lowest BCUT2D eigenvalue weighted by Crippen LogP contribution is -2.31. The van der Waals surface area contributed by atoms with Gasteiger partial charge >= 0.3 is 0 Å². The molecule has 2 atom stereocenters. The lowest BCUT2D eigenvalue weighted by molar-refractivity contribution is 0.113. The number of aromatic nitrogens is 1. The molecule has 2 unspecified atom stereocenters. The van der Waals surface area contributed by atoms with Gasteiger partial charge in [0.05, 0.1) is 11.6 Å². The maximum atomic E-state index is 9.96. The van der Waals surface area contributed by atoms with Crippen molar-refractivity contribution in [3.8, 4) is 0 Å². The van der Waals surface area contributed by atoms with E-state index in [-0.39, 0.29) is 6.10 Å². The van der Waals surface area contributed by atoms with E-state index < -0.39 is 0 Å². The second-order valence-electron chi connectivity index (χ2n) is 5.22. The molecule has 108 valence electrons. The summed E-state index contributed by atoms with van der Waals surface area (Å²) in [5, 5.41) is 15.0. The minimum absolute atomic E-state index is 0.303.